The lowest BCUT2D eigenvalue weighted by Gasteiger charge is -2.42. The van der Waals surface area contributed by atoms with Crippen LogP contribution in [0.5, 0.6) is 0 Å². The number of halogens is 1. The number of amides is 2. The summed E-state index contributed by atoms with van der Waals surface area (Å²) in [6, 6.07) is -1.40. The number of aliphatic hydroxyl groups is 1. The van der Waals surface area contributed by atoms with Crippen LogP contribution in [0.25, 0.3) is 0 Å². The molecule has 1 aliphatic carbocycles. The number of ether oxygens (including phenoxy) is 2. The molecule has 3 unspecified atom stereocenters. The molecule has 1 spiro atoms. The third-order valence-electron chi connectivity index (χ3n) is 7.88. The molecule has 2 amide bonds. The van der Waals surface area contributed by atoms with Crippen LogP contribution in [0.4, 0.5) is 0 Å². The van der Waals surface area contributed by atoms with Gasteiger partial charge in [-0.05, 0) is 33.1 Å². The predicted molar refractivity (Wildman–Crippen MR) is 125 cm³/mol. The number of likely N-dealkylation sites (tertiary alicyclic amines) is 1. The van der Waals surface area contributed by atoms with Crippen molar-refractivity contribution in [2.24, 2.45) is 11.8 Å². The Kier molecular flexibility index (Phi) is 7.22. The quantitative estimate of drug-likeness (QED) is 0.295. The molecule has 0 aromatic rings. The standard InChI is InChI=1S/C24H35BrN2O6/c1-4-11-26(15-9-7-6-8-10-15)22(30)20-24-12-16(25)19(33-24)17(23(31)32-5-2)18(24)21(29)27(20)14(3)13-28/h4,14-20,28H,1,5-13H2,2-3H3/t14-,16?,17+,18+,19+,20?,24?/m1/s1. The molecule has 1 saturated carbocycles. The highest BCUT2D eigenvalue weighted by Gasteiger charge is 2.77. The van der Waals surface area contributed by atoms with E-state index in [2.05, 4.69) is 22.5 Å². The number of carbonyl (C=O) groups is 3. The molecule has 0 radical (unpaired) electrons. The summed E-state index contributed by atoms with van der Waals surface area (Å²) < 4.78 is 11.8. The van der Waals surface area contributed by atoms with Crippen LogP contribution >= 0.6 is 15.9 Å². The van der Waals surface area contributed by atoms with Gasteiger partial charge in [0.1, 0.15) is 11.6 Å². The Labute approximate surface area is 203 Å². The molecule has 4 rings (SSSR count). The molecule has 3 heterocycles. The average molecular weight is 527 g/mol. The van der Waals surface area contributed by atoms with Crippen molar-refractivity contribution in [2.75, 3.05) is 19.8 Å². The minimum absolute atomic E-state index is 0.0836. The monoisotopic (exact) mass is 526 g/mol. The van der Waals surface area contributed by atoms with Crippen molar-refractivity contribution in [1.82, 2.24) is 9.80 Å². The summed E-state index contributed by atoms with van der Waals surface area (Å²) in [5, 5.41) is 9.97. The van der Waals surface area contributed by atoms with E-state index in [1.54, 1.807) is 19.9 Å². The van der Waals surface area contributed by atoms with Crippen LogP contribution in [0.15, 0.2) is 12.7 Å². The summed E-state index contributed by atoms with van der Waals surface area (Å²) >= 11 is 3.65. The first-order valence-electron chi connectivity index (χ1n) is 12.1. The molecule has 4 fully saturated rings. The smallest absolute Gasteiger partial charge is 0.312 e. The number of carbonyl (C=O) groups excluding carboxylic acids is 3. The molecule has 33 heavy (non-hydrogen) atoms. The normalized spacial score (nSPS) is 36.5. The van der Waals surface area contributed by atoms with Crippen molar-refractivity contribution in [3.63, 3.8) is 0 Å². The SMILES string of the molecule is C=CCN(C(=O)C1N([C@H](C)CO)C(=O)[C@@H]2[C@H](C(=O)OCC)[C@H]3OC12CC3Br)C1CCCCC1. The van der Waals surface area contributed by atoms with Crippen LogP contribution < -0.4 is 0 Å². The molecule has 4 aliphatic rings. The Morgan fingerprint density at radius 1 is 1.39 bits per heavy atom. The number of alkyl halides is 1. The van der Waals surface area contributed by atoms with Crippen molar-refractivity contribution < 1.29 is 29.0 Å². The van der Waals surface area contributed by atoms with E-state index >= 15 is 0 Å². The summed E-state index contributed by atoms with van der Waals surface area (Å²) in [4.78, 5) is 44.1. The van der Waals surface area contributed by atoms with Gasteiger partial charge in [0.2, 0.25) is 11.8 Å². The Balaban J connectivity index is 1.76. The molecule has 0 aromatic heterocycles. The van der Waals surface area contributed by atoms with Crippen molar-refractivity contribution in [2.45, 2.75) is 87.0 Å². The van der Waals surface area contributed by atoms with Crippen LogP contribution in [0.2, 0.25) is 0 Å². The first kappa shape index (κ1) is 24.7. The molecule has 184 valence electrons. The van der Waals surface area contributed by atoms with Crippen molar-refractivity contribution in [3.05, 3.63) is 12.7 Å². The fourth-order valence-electron chi connectivity index (χ4n) is 6.52. The second kappa shape index (κ2) is 9.66. The number of nitrogens with zero attached hydrogens (tertiary/aromatic N) is 2. The lowest BCUT2D eigenvalue weighted by atomic mass is 9.70. The summed E-state index contributed by atoms with van der Waals surface area (Å²) in [5.74, 6) is -2.52. The predicted octanol–water partition coefficient (Wildman–Crippen LogP) is 2.03. The number of hydrogen-bond donors (Lipinski definition) is 1. The zero-order valence-electron chi connectivity index (χ0n) is 19.5. The minimum atomic E-state index is -1.12. The van der Waals surface area contributed by atoms with Gasteiger partial charge in [-0.25, -0.2) is 0 Å². The first-order valence-corrected chi connectivity index (χ1v) is 13.1. The largest absolute Gasteiger partial charge is 0.466 e. The van der Waals surface area contributed by atoms with E-state index in [-0.39, 0.29) is 35.9 Å². The van der Waals surface area contributed by atoms with Crippen molar-refractivity contribution >= 4 is 33.7 Å². The molecule has 8 nitrogen and oxygen atoms in total. The minimum Gasteiger partial charge on any atom is -0.466 e. The fraction of sp³-hybridized carbons (Fsp3) is 0.792. The number of esters is 1. The summed E-state index contributed by atoms with van der Waals surface area (Å²) in [6.45, 7) is 7.62. The molecular weight excluding hydrogens is 492 g/mol. The van der Waals surface area contributed by atoms with Crippen LogP contribution in [0, 0.1) is 11.8 Å². The molecule has 2 bridgehead atoms. The Morgan fingerprint density at radius 3 is 2.70 bits per heavy atom. The number of hydrogen-bond acceptors (Lipinski definition) is 6. The lowest BCUT2D eigenvalue weighted by molar-refractivity contribution is -0.156. The molecule has 3 aliphatic heterocycles. The number of fused-ring (bicyclic) bond motifs is 1. The van der Waals surface area contributed by atoms with Gasteiger partial charge in [-0.1, -0.05) is 41.3 Å². The van der Waals surface area contributed by atoms with Crippen LogP contribution in [0.1, 0.15) is 52.4 Å². The molecule has 1 N–H and O–H groups in total. The van der Waals surface area contributed by atoms with E-state index in [0.717, 1.165) is 32.1 Å². The van der Waals surface area contributed by atoms with E-state index in [1.165, 1.54) is 4.90 Å². The molecule has 3 saturated heterocycles. The van der Waals surface area contributed by atoms with Crippen molar-refractivity contribution in [1.29, 1.82) is 0 Å². The summed E-state index contributed by atoms with van der Waals surface area (Å²) in [5.41, 5.74) is -1.12. The van der Waals surface area contributed by atoms with E-state index < -0.39 is 41.6 Å². The molecule has 0 aromatic carbocycles. The molecule has 7 atom stereocenters. The molecular formula is C24H35BrN2O6. The number of aliphatic hydroxyl groups excluding tert-OH is 1. The van der Waals surface area contributed by atoms with Gasteiger partial charge in [-0.15, -0.1) is 6.58 Å². The maximum Gasteiger partial charge on any atom is 0.312 e. The van der Waals surface area contributed by atoms with Crippen LogP contribution in [0.3, 0.4) is 0 Å². The van der Waals surface area contributed by atoms with Gasteiger partial charge < -0.3 is 24.4 Å². The topological polar surface area (TPSA) is 96.4 Å². The van der Waals surface area contributed by atoms with Crippen molar-refractivity contribution in [3.8, 4) is 0 Å². The fourth-order valence-corrected chi connectivity index (χ4v) is 7.47. The third kappa shape index (κ3) is 3.84. The highest BCUT2D eigenvalue weighted by molar-refractivity contribution is 9.09. The Hall–Kier alpha value is -1.45. The van der Waals surface area contributed by atoms with Gasteiger partial charge in [0.25, 0.3) is 0 Å². The summed E-state index contributed by atoms with van der Waals surface area (Å²) in [6.07, 6.45) is 6.76. The van der Waals surface area contributed by atoms with Gasteiger partial charge >= 0.3 is 5.97 Å². The number of rotatable bonds is 8. The average Bonchev–Trinajstić information content (AvgIpc) is 3.40. The van der Waals surface area contributed by atoms with E-state index in [4.69, 9.17) is 9.47 Å². The molecule has 9 heteroatoms. The Morgan fingerprint density at radius 2 is 2.09 bits per heavy atom. The van der Waals surface area contributed by atoms with Gasteiger partial charge in [0, 0.05) is 17.4 Å². The zero-order valence-corrected chi connectivity index (χ0v) is 21.0. The summed E-state index contributed by atoms with van der Waals surface area (Å²) in [7, 11) is 0. The Bertz CT molecular complexity index is 802. The third-order valence-corrected chi connectivity index (χ3v) is 8.73. The second-order valence-corrected chi connectivity index (χ2v) is 10.9. The highest BCUT2D eigenvalue weighted by Crippen LogP contribution is 2.60. The maximum absolute atomic E-state index is 14.2. The van der Waals surface area contributed by atoms with Gasteiger partial charge in [-0.3, -0.25) is 14.4 Å². The first-order chi connectivity index (χ1) is 15.8. The lowest BCUT2D eigenvalue weighted by Crippen LogP contribution is -2.60. The van der Waals surface area contributed by atoms with Crippen LogP contribution in [-0.2, 0) is 23.9 Å². The maximum atomic E-state index is 14.2. The van der Waals surface area contributed by atoms with E-state index in [0.29, 0.717) is 13.0 Å². The van der Waals surface area contributed by atoms with Crippen LogP contribution in [-0.4, -0.2) is 87.1 Å². The second-order valence-electron chi connectivity index (χ2n) is 9.76. The van der Waals surface area contributed by atoms with E-state index in [1.807, 2.05) is 4.90 Å². The van der Waals surface area contributed by atoms with Gasteiger partial charge in [0.05, 0.1) is 37.2 Å². The highest BCUT2D eigenvalue weighted by atomic mass is 79.9. The van der Waals surface area contributed by atoms with Gasteiger partial charge in [0.15, 0.2) is 0 Å². The van der Waals surface area contributed by atoms with E-state index in [9.17, 15) is 19.5 Å². The van der Waals surface area contributed by atoms with Gasteiger partial charge in [-0.2, -0.15) is 0 Å². The zero-order chi connectivity index (χ0) is 23.9.